The number of rotatable bonds is 4. The van der Waals surface area contributed by atoms with Crippen LogP contribution in [-0.2, 0) is 9.53 Å². The molecule has 0 aliphatic carbocycles. The van der Waals surface area contributed by atoms with Crippen molar-refractivity contribution in [3.63, 3.8) is 0 Å². The second-order valence-electron chi connectivity index (χ2n) is 4.10. The number of thioether (sulfide) groups is 1. The van der Waals surface area contributed by atoms with E-state index in [9.17, 15) is 9.90 Å². The zero-order valence-corrected chi connectivity index (χ0v) is 11.2. The molecule has 18 heavy (non-hydrogen) atoms. The summed E-state index contributed by atoms with van der Waals surface area (Å²) in [6, 6.07) is 0. The Kier molecular flexibility index (Phi) is 3.88. The van der Waals surface area contributed by atoms with E-state index in [0.29, 0.717) is 6.61 Å². The number of nitrogens with two attached hydrogens (primary N) is 1. The van der Waals surface area contributed by atoms with E-state index in [2.05, 4.69) is 10.2 Å². The first-order valence-corrected chi connectivity index (χ1v) is 6.78. The van der Waals surface area contributed by atoms with Crippen molar-refractivity contribution in [2.75, 3.05) is 26.0 Å². The van der Waals surface area contributed by atoms with Gasteiger partial charge >= 0.3 is 0 Å². The van der Waals surface area contributed by atoms with Crippen LogP contribution < -0.4 is 11.1 Å². The SMILES string of the molecule is CCN1C2=C(NC1SCC(N)=O)N(C)C(O)OC2. The Morgan fingerprint density at radius 2 is 2.44 bits per heavy atom. The van der Waals surface area contributed by atoms with Gasteiger partial charge in [0.15, 0.2) is 0 Å². The fraction of sp³-hybridized carbons (Fsp3) is 0.700. The molecule has 2 heterocycles. The average Bonchev–Trinajstić information content (AvgIpc) is 2.69. The molecule has 2 rings (SSSR count). The van der Waals surface area contributed by atoms with E-state index in [1.165, 1.54) is 11.8 Å². The first-order chi connectivity index (χ1) is 8.54. The van der Waals surface area contributed by atoms with Crippen molar-refractivity contribution in [3.8, 4) is 0 Å². The maximum Gasteiger partial charge on any atom is 0.239 e. The van der Waals surface area contributed by atoms with Crippen LogP contribution in [0, 0.1) is 0 Å². The van der Waals surface area contributed by atoms with Gasteiger partial charge in [-0.1, -0.05) is 0 Å². The van der Waals surface area contributed by atoms with Crippen LogP contribution >= 0.6 is 11.8 Å². The molecule has 0 saturated heterocycles. The van der Waals surface area contributed by atoms with Gasteiger partial charge in [-0.05, 0) is 6.92 Å². The van der Waals surface area contributed by atoms with E-state index in [0.717, 1.165) is 18.1 Å². The summed E-state index contributed by atoms with van der Waals surface area (Å²) in [5, 5.41) is 12.9. The minimum Gasteiger partial charge on any atom is -0.369 e. The highest BCUT2D eigenvalue weighted by atomic mass is 32.2. The largest absolute Gasteiger partial charge is 0.369 e. The lowest BCUT2D eigenvalue weighted by molar-refractivity contribution is -0.181. The molecule has 2 aliphatic rings. The monoisotopic (exact) mass is 274 g/mol. The molecule has 0 saturated carbocycles. The summed E-state index contributed by atoms with van der Waals surface area (Å²) < 4.78 is 5.25. The number of aliphatic hydroxyl groups excluding tert-OH is 1. The molecule has 0 aromatic heterocycles. The zero-order valence-electron chi connectivity index (χ0n) is 10.4. The van der Waals surface area contributed by atoms with Gasteiger partial charge in [-0.25, -0.2) is 0 Å². The van der Waals surface area contributed by atoms with Crippen molar-refractivity contribution in [2.24, 2.45) is 5.73 Å². The van der Waals surface area contributed by atoms with E-state index >= 15 is 0 Å². The fourth-order valence-electron chi connectivity index (χ4n) is 2.04. The fourth-order valence-corrected chi connectivity index (χ4v) is 3.01. The third-order valence-electron chi connectivity index (χ3n) is 2.94. The first-order valence-electron chi connectivity index (χ1n) is 5.73. The van der Waals surface area contributed by atoms with Crippen LogP contribution in [0.2, 0.25) is 0 Å². The van der Waals surface area contributed by atoms with E-state index in [1.807, 2.05) is 6.92 Å². The summed E-state index contributed by atoms with van der Waals surface area (Å²) >= 11 is 1.43. The third-order valence-corrected chi connectivity index (χ3v) is 4.08. The van der Waals surface area contributed by atoms with Crippen LogP contribution in [0.15, 0.2) is 11.5 Å². The highest BCUT2D eigenvalue weighted by Crippen LogP contribution is 2.31. The number of likely N-dealkylation sites (N-methyl/N-ethyl adjacent to an activating group) is 1. The predicted molar refractivity (Wildman–Crippen MR) is 67.7 cm³/mol. The van der Waals surface area contributed by atoms with Gasteiger partial charge in [-0.15, -0.1) is 11.8 Å². The van der Waals surface area contributed by atoms with E-state index in [1.54, 1.807) is 11.9 Å². The highest BCUT2D eigenvalue weighted by molar-refractivity contribution is 8.00. The number of ether oxygens (including phenoxy) is 1. The molecule has 0 spiro atoms. The molecule has 7 nitrogen and oxygen atoms in total. The first kappa shape index (κ1) is 13.3. The molecule has 2 unspecified atom stereocenters. The van der Waals surface area contributed by atoms with Crippen LogP contribution in [0.3, 0.4) is 0 Å². The van der Waals surface area contributed by atoms with Crippen molar-refractivity contribution in [1.29, 1.82) is 0 Å². The van der Waals surface area contributed by atoms with Gasteiger partial charge in [0.1, 0.15) is 11.3 Å². The van der Waals surface area contributed by atoms with Gasteiger partial charge in [0, 0.05) is 13.6 Å². The zero-order chi connectivity index (χ0) is 13.3. The normalized spacial score (nSPS) is 27.3. The topological polar surface area (TPSA) is 91.1 Å². The maximum atomic E-state index is 10.8. The Labute approximate surface area is 110 Å². The second kappa shape index (κ2) is 5.25. The number of hydrogen-bond acceptors (Lipinski definition) is 7. The highest BCUT2D eigenvalue weighted by Gasteiger charge is 2.37. The Bertz CT molecular complexity index is 376. The predicted octanol–water partition coefficient (Wildman–Crippen LogP) is -1.18. The van der Waals surface area contributed by atoms with E-state index in [4.69, 9.17) is 10.5 Å². The number of hydrogen-bond donors (Lipinski definition) is 3. The van der Waals surface area contributed by atoms with Crippen LogP contribution in [0.25, 0.3) is 0 Å². The van der Waals surface area contributed by atoms with Crippen LogP contribution in [-0.4, -0.2) is 58.7 Å². The summed E-state index contributed by atoms with van der Waals surface area (Å²) in [4.78, 5) is 14.6. The van der Waals surface area contributed by atoms with Crippen LogP contribution in [0.1, 0.15) is 6.92 Å². The summed E-state index contributed by atoms with van der Waals surface area (Å²) in [6.45, 7) is 3.17. The molecule has 1 amide bonds. The van der Waals surface area contributed by atoms with Crippen molar-refractivity contribution in [3.05, 3.63) is 11.5 Å². The minimum absolute atomic E-state index is 0.0520. The maximum absolute atomic E-state index is 10.8. The molecular formula is C10H18N4O3S. The van der Waals surface area contributed by atoms with Gasteiger partial charge in [-0.3, -0.25) is 4.79 Å². The minimum atomic E-state index is -0.935. The lowest BCUT2D eigenvalue weighted by atomic mass is 10.3. The summed E-state index contributed by atoms with van der Waals surface area (Å²) in [5.41, 5.74) is 6.10. The van der Waals surface area contributed by atoms with Crippen LogP contribution in [0.4, 0.5) is 0 Å². The molecule has 0 aromatic rings. The number of carbonyl (C=O) groups is 1. The molecule has 0 bridgehead atoms. The van der Waals surface area contributed by atoms with Gasteiger partial charge in [-0.2, -0.15) is 0 Å². The number of nitrogens with zero attached hydrogens (tertiary/aromatic N) is 2. The van der Waals surface area contributed by atoms with Crippen LogP contribution in [0.5, 0.6) is 0 Å². The smallest absolute Gasteiger partial charge is 0.239 e. The number of amides is 1. The standard InChI is InChI=1S/C10H18N4O3S/c1-3-14-6-4-17-10(16)13(2)8(6)12-9(14)18-5-7(11)15/h9-10,12,16H,3-5H2,1-2H3,(H2,11,15). The lowest BCUT2D eigenvalue weighted by Gasteiger charge is -2.32. The number of nitrogens with one attached hydrogen (secondary N) is 1. The molecule has 0 aromatic carbocycles. The number of carbonyl (C=O) groups excluding carboxylic acids is 1. The molecule has 102 valence electrons. The van der Waals surface area contributed by atoms with Crippen molar-refractivity contribution < 1.29 is 14.6 Å². The summed E-state index contributed by atoms with van der Waals surface area (Å²) in [5.74, 6) is 0.756. The van der Waals surface area contributed by atoms with Crippen molar-refractivity contribution in [2.45, 2.75) is 18.8 Å². The second-order valence-corrected chi connectivity index (χ2v) is 5.17. The Balaban J connectivity index is 2.10. The molecule has 4 N–H and O–H groups in total. The molecule has 0 radical (unpaired) electrons. The van der Waals surface area contributed by atoms with Crippen molar-refractivity contribution in [1.82, 2.24) is 15.1 Å². The van der Waals surface area contributed by atoms with E-state index in [-0.39, 0.29) is 17.2 Å². The number of primary amides is 1. The van der Waals surface area contributed by atoms with E-state index < -0.39 is 6.41 Å². The van der Waals surface area contributed by atoms with Gasteiger partial charge in [0.05, 0.1) is 18.1 Å². The number of aliphatic hydroxyl groups is 1. The summed E-state index contributed by atoms with van der Waals surface area (Å²) in [7, 11) is 1.75. The summed E-state index contributed by atoms with van der Waals surface area (Å²) in [6.07, 6.45) is -0.935. The molecular weight excluding hydrogens is 256 g/mol. The molecule has 2 atom stereocenters. The van der Waals surface area contributed by atoms with Gasteiger partial charge < -0.3 is 30.7 Å². The quantitative estimate of drug-likeness (QED) is 0.594. The Morgan fingerprint density at radius 1 is 1.72 bits per heavy atom. The lowest BCUT2D eigenvalue weighted by Crippen LogP contribution is -2.41. The van der Waals surface area contributed by atoms with Crippen molar-refractivity contribution >= 4 is 17.7 Å². The Hall–Kier alpha value is -1.12. The molecule has 0 fully saturated rings. The molecule has 8 heteroatoms. The van der Waals surface area contributed by atoms with Gasteiger partial charge in [0.2, 0.25) is 12.3 Å². The average molecular weight is 274 g/mol. The Morgan fingerprint density at radius 3 is 3.06 bits per heavy atom. The third kappa shape index (κ3) is 2.36. The molecule has 2 aliphatic heterocycles. The van der Waals surface area contributed by atoms with Gasteiger partial charge in [0.25, 0.3) is 0 Å².